The molecule has 4 aliphatic rings. The third-order valence-corrected chi connectivity index (χ3v) is 7.68. The Kier molecular flexibility index (Phi) is 3.98. The Balaban J connectivity index is 1.54. The molecule has 0 unspecified atom stereocenters. The van der Waals surface area contributed by atoms with Gasteiger partial charge in [-0.3, -0.25) is 4.79 Å². The summed E-state index contributed by atoms with van der Waals surface area (Å²) in [7, 11) is 0. The summed E-state index contributed by atoms with van der Waals surface area (Å²) in [6.45, 7) is 7.62. The minimum absolute atomic E-state index is 0.0141. The minimum atomic E-state index is -0.0846. The smallest absolute Gasteiger partial charge is 0.315 e. The van der Waals surface area contributed by atoms with Crippen molar-refractivity contribution in [3.05, 3.63) is 0 Å². The van der Waals surface area contributed by atoms with E-state index in [1.807, 2.05) is 0 Å². The van der Waals surface area contributed by atoms with E-state index >= 15 is 0 Å². The van der Waals surface area contributed by atoms with Crippen LogP contribution in [-0.2, 0) is 14.3 Å². The van der Waals surface area contributed by atoms with E-state index in [1.165, 1.54) is 19.3 Å². The Morgan fingerprint density at radius 1 is 1.46 bits per heavy atom. The molecule has 0 aromatic rings. The summed E-state index contributed by atoms with van der Waals surface area (Å²) in [5, 5.41) is 11.5. The SMILES string of the molecule is CC[C@H](CO)[NH2+]C[C@H]1C(=O)O[C@@H]2C[C@@]3(C)CCC[C@H](C)[C@@]34O[C@H]4[C@@H]21. The number of aliphatic hydroxyl groups is 1. The van der Waals surface area contributed by atoms with Gasteiger partial charge in [0.05, 0.1) is 19.3 Å². The molecule has 136 valence electrons. The first kappa shape index (κ1) is 16.8. The highest BCUT2D eigenvalue weighted by Gasteiger charge is 2.78. The van der Waals surface area contributed by atoms with Crippen LogP contribution >= 0.6 is 0 Å². The van der Waals surface area contributed by atoms with Gasteiger partial charge in [-0.05, 0) is 31.6 Å². The molecule has 24 heavy (non-hydrogen) atoms. The summed E-state index contributed by atoms with van der Waals surface area (Å²) in [4.78, 5) is 12.5. The van der Waals surface area contributed by atoms with Crippen molar-refractivity contribution in [1.82, 2.24) is 0 Å². The first-order chi connectivity index (χ1) is 11.5. The summed E-state index contributed by atoms with van der Waals surface area (Å²) in [6.07, 6.45) is 5.76. The van der Waals surface area contributed by atoms with Crippen LogP contribution in [0.3, 0.4) is 0 Å². The van der Waals surface area contributed by atoms with Crippen molar-refractivity contribution in [2.75, 3.05) is 13.2 Å². The second-order valence-electron chi connectivity index (χ2n) is 8.87. The molecule has 2 aliphatic carbocycles. The molecule has 0 amide bonds. The van der Waals surface area contributed by atoms with Gasteiger partial charge in [-0.15, -0.1) is 0 Å². The number of fused-ring (bicyclic) bond motifs is 2. The van der Waals surface area contributed by atoms with Crippen molar-refractivity contribution in [3.8, 4) is 0 Å². The summed E-state index contributed by atoms with van der Waals surface area (Å²) in [5.41, 5.74) is 0.145. The first-order valence-electron chi connectivity index (χ1n) is 9.79. The lowest BCUT2D eigenvalue weighted by Gasteiger charge is -2.48. The van der Waals surface area contributed by atoms with Gasteiger partial charge >= 0.3 is 5.97 Å². The van der Waals surface area contributed by atoms with Crippen LogP contribution in [0.2, 0.25) is 0 Å². The van der Waals surface area contributed by atoms with E-state index < -0.39 is 0 Å². The fraction of sp³-hybridized carbons (Fsp3) is 0.947. The van der Waals surface area contributed by atoms with Crippen molar-refractivity contribution in [2.24, 2.45) is 23.2 Å². The summed E-state index contributed by atoms with van der Waals surface area (Å²) >= 11 is 0. The molecule has 8 atom stereocenters. The van der Waals surface area contributed by atoms with E-state index in [2.05, 4.69) is 26.1 Å². The number of aliphatic hydroxyl groups excluding tert-OH is 1. The first-order valence-corrected chi connectivity index (χ1v) is 9.79. The van der Waals surface area contributed by atoms with Crippen molar-refractivity contribution >= 4 is 5.97 Å². The number of carbonyl (C=O) groups is 1. The maximum absolute atomic E-state index is 12.5. The van der Waals surface area contributed by atoms with Crippen molar-refractivity contribution < 1.29 is 24.7 Å². The molecule has 5 heteroatoms. The average Bonchev–Trinajstić information content (AvgIpc) is 3.23. The Hall–Kier alpha value is -0.650. The van der Waals surface area contributed by atoms with Crippen LogP contribution in [0.4, 0.5) is 0 Å². The molecule has 5 nitrogen and oxygen atoms in total. The van der Waals surface area contributed by atoms with Gasteiger partial charge in [-0.1, -0.05) is 27.2 Å². The number of esters is 1. The molecule has 4 fully saturated rings. The van der Waals surface area contributed by atoms with E-state index in [9.17, 15) is 9.90 Å². The number of rotatable bonds is 5. The largest absolute Gasteiger partial charge is 0.462 e. The lowest BCUT2D eigenvalue weighted by Crippen LogP contribution is -2.92. The Morgan fingerprint density at radius 2 is 2.25 bits per heavy atom. The third kappa shape index (κ3) is 2.14. The summed E-state index contributed by atoms with van der Waals surface area (Å²) in [6, 6.07) is 0.174. The predicted molar refractivity (Wildman–Crippen MR) is 88.2 cm³/mol. The number of hydrogen-bond donors (Lipinski definition) is 2. The van der Waals surface area contributed by atoms with Gasteiger partial charge in [0.15, 0.2) is 0 Å². The van der Waals surface area contributed by atoms with Crippen molar-refractivity contribution in [1.29, 1.82) is 0 Å². The normalized spacial score (nSPS) is 50.5. The number of epoxide rings is 1. The second-order valence-corrected chi connectivity index (χ2v) is 8.87. The molecular weight excluding hydrogens is 306 g/mol. The standard InChI is InChI=1S/C19H31NO4/c1-4-12(10-21)20-9-13-15-14(23-17(13)22)8-18(3)7-5-6-11(2)19(18)16(15)24-19/h11-16,20-21H,4-10H2,1-3H3/p+1/t11-,12+,13+,14+,15+,16-,18+,19-/m0/s1. The molecule has 4 rings (SSSR count). The fourth-order valence-corrected chi connectivity index (χ4v) is 6.21. The van der Waals surface area contributed by atoms with Crippen molar-refractivity contribution in [2.45, 2.75) is 76.7 Å². The van der Waals surface area contributed by atoms with Crippen LogP contribution in [-0.4, -0.2) is 48.1 Å². The zero-order valence-electron chi connectivity index (χ0n) is 15.2. The van der Waals surface area contributed by atoms with Gasteiger partial charge in [0.2, 0.25) is 0 Å². The van der Waals surface area contributed by atoms with Gasteiger partial charge in [0.1, 0.15) is 23.7 Å². The van der Waals surface area contributed by atoms with E-state index in [4.69, 9.17) is 9.47 Å². The Labute approximate surface area is 144 Å². The topological polar surface area (TPSA) is 75.7 Å². The molecule has 0 bridgehead atoms. The van der Waals surface area contributed by atoms with Crippen LogP contribution < -0.4 is 5.32 Å². The molecule has 0 aromatic carbocycles. The highest BCUT2D eigenvalue weighted by Crippen LogP contribution is 2.70. The number of carbonyl (C=O) groups excluding carboxylic acids is 1. The summed E-state index contributed by atoms with van der Waals surface area (Å²) < 4.78 is 12.3. The second kappa shape index (κ2) is 5.68. The van der Waals surface area contributed by atoms with Gasteiger partial charge < -0.3 is 19.9 Å². The molecule has 0 aromatic heterocycles. The van der Waals surface area contributed by atoms with Crippen LogP contribution in [0.5, 0.6) is 0 Å². The van der Waals surface area contributed by atoms with Crippen LogP contribution in [0, 0.1) is 23.2 Å². The quantitative estimate of drug-likeness (QED) is 0.575. The van der Waals surface area contributed by atoms with E-state index in [0.29, 0.717) is 12.5 Å². The van der Waals surface area contributed by atoms with Gasteiger partial charge in [-0.25, -0.2) is 0 Å². The highest BCUT2D eigenvalue weighted by molar-refractivity contribution is 5.76. The Bertz CT molecular complexity index is 521. The average molecular weight is 338 g/mol. The minimum Gasteiger partial charge on any atom is -0.462 e. The molecule has 2 saturated heterocycles. The predicted octanol–water partition coefficient (Wildman–Crippen LogP) is 0.846. The maximum Gasteiger partial charge on any atom is 0.315 e. The van der Waals surface area contributed by atoms with Crippen LogP contribution in [0.1, 0.15) is 52.9 Å². The third-order valence-electron chi connectivity index (χ3n) is 7.68. The lowest BCUT2D eigenvalue weighted by atomic mass is 9.53. The van der Waals surface area contributed by atoms with Crippen LogP contribution in [0.25, 0.3) is 0 Å². The highest BCUT2D eigenvalue weighted by atomic mass is 16.6. The van der Waals surface area contributed by atoms with Crippen molar-refractivity contribution in [3.63, 3.8) is 0 Å². The zero-order chi connectivity index (χ0) is 17.1. The Morgan fingerprint density at radius 3 is 2.96 bits per heavy atom. The number of ether oxygens (including phenoxy) is 2. The fourth-order valence-electron chi connectivity index (χ4n) is 6.21. The zero-order valence-corrected chi connectivity index (χ0v) is 15.2. The summed E-state index contributed by atoms with van der Waals surface area (Å²) in [5.74, 6) is 0.648. The maximum atomic E-state index is 12.5. The number of quaternary nitrogens is 1. The van der Waals surface area contributed by atoms with Gasteiger partial charge in [0.25, 0.3) is 0 Å². The molecule has 2 heterocycles. The van der Waals surface area contributed by atoms with Crippen LogP contribution in [0.15, 0.2) is 0 Å². The van der Waals surface area contributed by atoms with E-state index in [1.54, 1.807) is 0 Å². The van der Waals surface area contributed by atoms with Gasteiger partial charge in [0, 0.05) is 11.3 Å². The molecule has 2 aliphatic heterocycles. The molecule has 0 radical (unpaired) electrons. The van der Waals surface area contributed by atoms with E-state index in [-0.39, 0.29) is 53.7 Å². The molecule has 3 N–H and O–H groups in total. The molecule has 2 saturated carbocycles. The number of hydrogen-bond acceptors (Lipinski definition) is 4. The monoisotopic (exact) mass is 338 g/mol. The molecular formula is C19H32NO4+. The van der Waals surface area contributed by atoms with Gasteiger partial charge in [-0.2, -0.15) is 0 Å². The number of nitrogens with two attached hydrogens (primary N) is 1. The van der Waals surface area contributed by atoms with E-state index in [0.717, 1.165) is 12.8 Å². The molecule has 1 spiro atoms. The lowest BCUT2D eigenvalue weighted by molar-refractivity contribution is -0.695.